The molecule has 0 N–H and O–H groups in total. The first kappa shape index (κ1) is 9.77. The molecule has 0 bridgehead atoms. The standard InChI is InChI=1S/C9H15N3O/c1-3-4-5-12-7-10-6-9(12)11(2)8-13/h6-8H,3-5H2,1-2H3. The summed E-state index contributed by atoms with van der Waals surface area (Å²) in [4.78, 5) is 16.1. The highest BCUT2D eigenvalue weighted by atomic mass is 16.1. The van der Waals surface area contributed by atoms with E-state index < -0.39 is 0 Å². The van der Waals surface area contributed by atoms with Crippen LogP contribution in [0, 0.1) is 0 Å². The van der Waals surface area contributed by atoms with Crippen molar-refractivity contribution in [2.75, 3.05) is 11.9 Å². The maximum atomic E-state index is 10.5. The smallest absolute Gasteiger partial charge is 0.215 e. The molecule has 0 fully saturated rings. The summed E-state index contributed by atoms with van der Waals surface area (Å²) in [5.74, 6) is 0.850. The summed E-state index contributed by atoms with van der Waals surface area (Å²) in [5.41, 5.74) is 0. The molecule has 4 nitrogen and oxygen atoms in total. The number of unbranched alkanes of at least 4 members (excludes halogenated alkanes) is 1. The Morgan fingerprint density at radius 3 is 3.08 bits per heavy atom. The molecule has 0 atom stereocenters. The van der Waals surface area contributed by atoms with Gasteiger partial charge < -0.3 is 9.47 Å². The molecule has 0 aromatic carbocycles. The average molecular weight is 181 g/mol. The van der Waals surface area contributed by atoms with Crippen LogP contribution < -0.4 is 4.90 Å². The molecule has 0 saturated heterocycles. The predicted octanol–water partition coefficient (Wildman–Crippen LogP) is 1.28. The molecule has 13 heavy (non-hydrogen) atoms. The highest BCUT2D eigenvalue weighted by molar-refractivity contribution is 5.71. The number of hydrogen-bond donors (Lipinski definition) is 0. The number of anilines is 1. The van der Waals surface area contributed by atoms with Crippen molar-refractivity contribution < 1.29 is 4.79 Å². The summed E-state index contributed by atoms with van der Waals surface area (Å²) in [5, 5.41) is 0. The number of aromatic nitrogens is 2. The van der Waals surface area contributed by atoms with Crippen molar-refractivity contribution in [3.63, 3.8) is 0 Å². The first-order chi connectivity index (χ1) is 6.29. The SMILES string of the molecule is CCCCn1cncc1N(C)C=O. The van der Waals surface area contributed by atoms with Crippen LogP contribution in [0.4, 0.5) is 5.82 Å². The highest BCUT2D eigenvalue weighted by Gasteiger charge is 2.04. The van der Waals surface area contributed by atoms with Crippen LogP contribution in [0.2, 0.25) is 0 Å². The molecule has 72 valence electrons. The maximum Gasteiger partial charge on any atom is 0.215 e. The molecule has 0 aliphatic rings. The molecule has 1 heterocycles. The quantitative estimate of drug-likeness (QED) is 0.642. The van der Waals surface area contributed by atoms with Crippen molar-refractivity contribution in [3.8, 4) is 0 Å². The van der Waals surface area contributed by atoms with Crippen LogP contribution in [0.5, 0.6) is 0 Å². The Bertz CT molecular complexity index is 270. The van der Waals surface area contributed by atoms with E-state index in [9.17, 15) is 4.79 Å². The number of aryl methyl sites for hydroxylation is 1. The van der Waals surface area contributed by atoms with Crippen LogP contribution >= 0.6 is 0 Å². The number of hydrogen-bond acceptors (Lipinski definition) is 2. The van der Waals surface area contributed by atoms with Gasteiger partial charge in [-0.1, -0.05) is 13.3 Å². The third-order valence-corrected chi connectivity index (χ3v) is 1.96. The van der Waals surface area contributed by atoms with Crippen LogP contribution in [-0.4, -0.2) is 23.0 Å². The number of carbonyl (C=O) groups is 1. The van der Waals surface area contributed by atoms with Crippen molar-refractivity contribution in [3.05, 3.63) is 12.5 Å². The van der Waals surface area contributed by atoms with Gasteiger partial charge in [-0.3, -0.25) is 4.79 Å². The van der Waals surface area contributed by atoms with Crippen LogP contribution in [-0.2, 0) is 11.3 Å². The topological polar surface area (TPSA) is 38.1 Å². The maximum absolute atomic E-state index is 10.5. The molecule has 0 saturated carbocycles. The van der Waals surface area contributed by atoms with E-state index in [0.29, 0.717) is 0 Å². The number of carbonyl (C=O) groups excluding carboxylic acids is 1. The third kappa shape index (κ3) is 2.31. The fourth-order valence-electron chi connectivity index (χ4n) is 1.16. The van der Waals surface area contributed by atoms with Gasteiger partial charge in [-0.2, -0.15) is 0 Å². The summed E-state index contributed by atoms with van der Waals surface area (Å²) >= 11 is 0. The van der Waals surface area contributed by atoms with E-state index in [1.807, 2.05) is 4.57 Å². The van der Waals surface area contributed by atoms with Crippen molar-refractivity contribution in [1.82, 2.24) is 9.55 Å². The number of amides is 1. The molecular formula is C9H15N3O. The molecule has 0 radical (unpaired) electrons. The Balaban J connectivity index is 2.70. The first-order valence-electron chi connectivity index (χ1n) is 4.47. The minimum Gasteiger partial charge on any atom is -0.317 e. The molecule has 1 rings (SSSR count). The van der Waals surface area contributed by atoms with Crippen molar-refractivity contribution >= 4 is 12.2 Å². The van der Waals surface area contributed by atoms with Gasteiger partial charge in [-0.05, 0) is 6.42 Å². The van der Waals surface area contributed by atoms with Crippen molar-refractivity contribution in [1.29, 1.82) is 0 Å². The zero-order valence-corrected chi connectivity index (χ0v) is 8.10. The van der Waals surface area contributed by atoms with Crippen molar-refractivity contribution in [2.24, 2.45) is 0 Å². The van der Waals surface area contributed by atoms with Crippen LogP contribution in [0.1, 0.15) is 19.8 Å². The van der Waals surface area contributed by atoms with Crippen LogP contribution in [0.15, 0.2) is 12.5 Å². The van der Waals surface area contributed by atoms with Gasteiger partial charge in [-0.15, -0.1) is 0 Å². The minimum absolute atomic E-state index is 0.791. The molecule has 0 spiro atoms. The van der Waals surface area contributed by atoms with Gasteiger partial charge in [0.2, 0.25) is 6.41 Å². The zero-order valence-electron chi connectivity index (χ0n) is 8.10. The zero-order chi connectivity index (χ0) is 9.68. The lowest BCUT2D eigenvalue weighted by Gasteiger charge is -2.12. The van der Waals surface area contributed by atoms with Crippen LogP contribution in [0.3, 0.4) is 0 Å². The first-order valence-corrected chi connectivity index (χ1v) is 4.47. The average Bonchev–Trinajstić information content (AvgIpc) is 2.61. The van der Waals surface area contributed by atoms with E-state index in [2.05, 4.69) is 11.9 Å². The summed E-state index contributed by atoms with van der Waals surface area (Å²) in [6, 6.07) is 0. The van der Waals surface area contributed by atoms with E-state index in [4.69, 9.17) is 0 Å². The van der Waals surface area contributed by atoms with Gasteiger partial charge in [0, 0.05) is 13.6 Å². The second-order valence-electron chi connectivity index (χ2n) is 3.02. The molecule has 1 amide bonds. The second kappa shape index (κ2) is 4.64. The summed E-state index contributed by atoms with van der Waals surface area (Å²) in [6.45, 7) is 3.06. The molecular weight excluding hydrogens is 166 g/mol. The Morgan fingerprint density at radius 1 is 1.69 bits per heavy atom. The second-order valence-corrected chi connectivity index (χ2v) is 3.02. The van der Waals surface area contributed by atoms with Crippen molar-refractivity contribution in [2.45, 2.75) is 26.3 Å². The molecule has 4 heteroatoms. The molecule has 0 unspecified atom stereocenters. The summed E-state index contributed by atoms with van der Waals surface area (Å²) in [7, 11) is 1.73. The van der Waals surface area contributed by atoms with E-state index in [-0.39, 0.29) is 0 Å². The Kier molecular flexibility index (Phi) is 3.49. The van der Waals surface area contributed by atoms with Gasteiger partial charge in [-0.25, -0.2) is 4.98 Å². The number of rotatable bonds is 5. The lowest BCUT2D eigenvalue weighted by molar-refractivity contribution is -0.107. The highest BCUT2D eigenvalue weighted by Crippen LogP contribution is 2.10. The largest absolute Gasteiger partial charge is 0.317 e. The monoisotopic (exact) mass is 181 g/mol. The van der Waals surface area contributed by atoms with Gasteiger partial charge in [0.05, 0.1) is 12.5 Å². The van der Waals surface area contributed by atoms with Crippen LogP contribution in [0.25, 0.3) is 0 Å². The molecule has 1 aromatic rings. The number of nitrogens with zero attached hydrogens (tertiary/aromatic N) is 3. The molecule has 0 aliphatic carbocycles. The normalized spacial score (nSPS) is 10.0. The molecule has 0 aliphatic heterocycles. The van der Waals surface area contributed by atoms with Gasteiger partial charge >= 0.3 is 0 Å². The molecule has 1 aromatic heterocycles. The Morgan fingerprint density at radius 2 is 2.46 bits per heavy atom. The van der Waals surface area contributed by atoms with E-state index >= 15 is 0 Å². The summed E-state index contributed by atoms with van der Waals surface area (Å²) in [6.07, 6.45) is 6.49. The minimum atomic E-state index is 0.791. The lowest BCUT2D eigenvalue weighted by Crippen LogP contribution is -2.17. The van der Waals surface area contributed by atoms with Gasteiger partial charge in [0.15, 0.2) is 0 Å². The Hall–Kier alpha value is -1.32. The fraction of sp³-hybridized carbons (Fsp3) is 0.556. The van der Waals surface area contributed by atoms with Gasteiger partial charge in [0.25, 0.3) is 0 Å². The number of imidazole rings is 1. The van der Waals surface area contributed by atoms with E-state index in [1.165, 1.54) is 4.90 Å². The Labute approximate surface area is 78.2 Å². The van der Waals surface area contributed by atoms with Gasteiger partial charge in [0.1, 0.15) is 5.82 Å². The summed E-state index contributed by atoms with van der Waals surface area (Å²) < 4.78 is 1.98. The fourth-order valence-corrected chi connectivity index (χ4v) is 1.16. The third-order valence-electron chi connectivity index (χ3n) is 1.96. The van der Waals surface area contributed by atoms with E-state index in [1.54, 1.807) is 19.6 Å². The predicted molar refractivity (Wildman–Crippen MR) is 51.6 cm³/mol. The van der Waals surface area contributed by atoms with E-state index in [0.717, 1.165) is 31.6 Å². The lowest BCUT2D eigenvalue weighted by atomic mass is 10.3.